The standard InChI is InChI=1S/C17H23NO4S/c1-3-22-16-7-4-14(5-8-16)6-9-17(19)18(2)12-15-10-11-23(20,21)13-15/h4-9,15H,3,10-13H2,1-2H3. The van der Waals surface area contributed by atoms with Crippen LogP contribution in [0.2, 0.25) is 0 Å². The summed E-state index contributed by atoms with van der Waals surface area (Å²) in [7, 11) is -1.19. The lowest BCUT2D eigenvalue weighted by atomic mass is 10.1. The van der Waals surface area contributed by atoms with Gasteiger partial charge in [0.05, 0.1) is 18.1 Å². The number of hydrogen-bond donors (Lipinski definition) is 0. The Balaban J connectivity index is 1.87. The molecule has 0 aromatic heterocycles. The van der Waals surface area contributed by atoms with Crippen molar-refractivity contribution >= 4 is 21.8 Å². The number of rotatable bonds is 6. The summed E-state index contributed by atoms with van der Waals surface area (Å²) in [5.41, 5.74) is 0.915. The van der Waals surface area contributed by atoms with Crippen LogP contribution in [0.25, 0.3) is 6.08 Å². The normalized spacial score (nSPS) is 19.8. The second-order valence-corrected chi connectivity index (χ2v) is 8.05. The highest BCUT2D eigenvalue weighted by atomic mass is 32.2. The van der Waals surface area contributed by atoms with E-state index in [1.807, 2.05) is 31.2 Å². The molecule has 1 heterocycles. The topological polar surface area (TPSA) is 63.7 Å². The van der Waals surface area contributed by atoms with Crippen molar-refractivity contribution in [1.82, 2.24) is 4.90 Å². The zero-order valence-corrected chi connectivity index (χ0v) is 14.4. The summed E-state index contributed by atoms with van der Waals surface area (Å²) in [5, 5.41) is 0. The number of amides is 1. The minimum Gasteiger partial charge on any atom is -0.494 e. The van der Waals surface area contributed by atoms with E-state index in [1.165, 1.54) is 6.08 Å². The Bertz CT molecular complexity index is 664. The van der Waals surface area contributed by atoms with E-state index in [0.29, 0.717) is 19.6 Å². The van der Waals surface area contributed by atoms with Crippen LogP contribution in [0.1, 0.15) is 18.9 Å². The molecule has 0 N–H and O–H groups in total. The summed E-state index contributed by atoms with van der Waals surface area (Å²) in [4.78, 5) is 13.7. The highest BCUT2D eigenvalue weighted by molar-refractivity contribution is 7.91. The van der Waals surface area contributed by atoms with Crippen molar-refractivity contribution in [3.63, 3.8) is 0 Å². The van der Waals surface area contributed by atoms with Crippen LogP contribution < -0.4 is 4.74 Å². The number of ether oxygens (including phenoxy) is 1. The lowest BCUT2D eigenvalue weighted by Gasteiger charge is -2.18. The second-order valence-electron chi connectivity index (χ2n) is 5.82. The average Bonchev–Trinajstić information content (AvgIpc) is 2.85. The minimum atomic E-state index is -2.90. The van der Waals surface area contributed by atoms with Gasteiger partial charge in [-0.05, 0) is 43.0 Å². The monoisotopic (exact) mass is 337 g/mol. The van der Waals surface area contributed by atoms with Crippen LogP contribution in [0.15, 0.2) is 30.3 Å². The number of benzene rings is 1. The van der Waals surface area contributed by atoms with E-state index in [0.717, 1.165) is 11.3 Å². The van der Waals surface area contributed by atoms with Crippen LogP contribution in [0.4, 0.5) is 0 Å². The summed E-state index contributed by atoms with van der Waals surface area (Å²) >= 11 is 0. The van der Waals surface area contributed by atoms with E-state index in [4.69, 9.17) is 4.74 Å². The molecule has 1 aliphatic heterocycles. The molecule has 0 radical (unpaired) electrons. The maximum atomic E-state index is 12.1. The molecule has 0 aliphatic carbocycles. The number of nitrogens with zero attached hydrogens (tertiary/aromatic N) is 1. The van der Waals surface area contributed by atoms with E-state index < -0.39 is 9.84 Å². The molecule has 2 rings (SSSR count). The predicted octanol–water partition coefficient (Wildman–Crippen LogP) is 1.99. The van der Waals surface area contributed by atoms with Crippen LogP contribution in [0, 0.1) is 5.92 Å². The Kier molecular flexibility index (Phi) is 5.82. The van der Waals surface area contributed by atoms with Crippen LogP contribution in [-0.4, -0.2) is 50.9 Å². The number of hydrogen-bond acceptors (Lipinski definition) is 4. The van der Waals surface area contributed by atoms with Crippen molar-refractivity contribution in [2.75, 3.05) is 31.7 Å². The molecule has 23 heavy (non-hydrogen) atoms. The zero-order valence-electron chi connectivity index (χ0n) is 13.6. The lowest BCUT2D eigenvalue weighted by molar-refractivity contribution is -0.125. The Labute approximate surface area is 137 Å². The fourth-order valence-corrected chi connectivity index (χ4v) is 4.48. The lowest BCUT2D eigenvalue weighted by Crippen LogP contribution is -2.31. The Morgan fingerprint density at radius 1 is 1.35 bits per heavy atom. The van der Waals surface area contributed by atoms with Gasteiger partial charge in [0.15, 0.2) is 9.84 Å². The number of sulfone groups is 1. The number of carbonyl (C=O) groups is 1. The molecular weight excluding hydrogens is 314 g/mol. The van der Waals surface area contributed by atoms with Gasteiger partial charge in [-0.15, -0.1) is 0 Å². The van der Waals surface area contributed by atoms with Crippen molar-refractivity contribution in [3.05, 3.63) is 35.9 Å². The van der Waals surface area contributed by atoms with Gasteiger partial charge in [0.1, 0.15) is 5.75 Å². The third-order valence-electron chi connectivity index (χ3n) is 3.84. The minimum absolute atomic E-state index is 0.0489. The first-order valence-electron chi connectivity index (χ1n) is 7.76. The number of carbonyl (C=O) groups excluding carboxylic acids is 1. The fraction of sp³-hybridized carbons (Fsp3) is 0.471. The first-order valence-corrected chi connectivity index (χ1v) is 9.58. The summed E-state index contributed by atoms with van der Waals surface area (Å²) in [6.45, 7) is 3.03. The molecule has 1 aliphatic rings. The molecule has 1 amide bonds. The summed E-state index contributed by atoms with van der Waals surface area (Å²) in [6.07, 6.45) is 3.90. The molecular formula is C17H23NO4S. The molecule has 1 aromatic carbocycles. The van der Waals surface area contributed by atoms with Gasteiger partial charge in [0, 0.05) is 19.7 Å². The van der Waals surface area contributed by atoms with Crippen molar-refractivity contribution in [1.29, 1.82) is 0 Å². The summed E-state index contributed by atoms with van der Waals surface area (Å²) in [5.74, 6) is 1.15. The SMILES string of the molecule is CCOc1ccc(C=CC(=O)N(C)CC2CCS(=O)(=O)C2)cc1. The van der Waals surface area contributed by atoms with Crippen LogP contribution in [0.3, 0.4) is 0 Å². The largest absolute Gasteiger partial charge is 0.494 e. The molecule has 1 atom stereocenters. The van der Waals surface area contributed by atoms with Gasteiger partial charge in [-0.25, -0.2) is 8.42 Å². The smallest absolute Gasteiger partial charge is 0.246 e. The van der Waals surface area contributed by atoms with Crippen molar-refractivity contribution in [2.45, 2.75) is 13.3 Å². The maximum absolute atomic E-state index is 12.1. The first-order chi connectivity index (χ1) is 10.9. The van der Waals surface area contributed by atoms with Crippen LogP contribution in [-0.2, 0) is 14.6 Å². The zero-order chi connectivity index (χ0) is 16.9. The first kappa shape index (κ1) is 17.5. The highest BCUT2D eigenvalue weighted by Gasteiger charge is 2.29. The van der Waals surface area contributed by atoms with Crippen molar-refractivity contribution < 1.29 is 17.9 Å². The molecule has 1 unspecified atom stereocenters. The summed E-state index contributed by atoms with van der Waals surface area (Å²) < 4.78 is 28.3. The third kappa shape index (κ3) is 5.39. The van der Waals surface area contributed by atoms with E-state index in [1.54, 1.807) is 18.0 Å². The average molecular weight is 337 g/mol. The second kappa shape index (κ2) is 7.64. The van der Waals surface area contributed by atoms with Gasteiger partial charge in [-0.1, -0.05) is 12.1 Å². The molecule has 126 valence electrons. The van der Waals surface area contributed by atoms with E-state index in [9.17, 15) is 13.2 Å². The Morgan fingerprint density at radius 2 is 2.04 bits per heavy atom. The van der Waals surface area contributed by atoms with E-state index >= 15 is 0 Å². The Hall–Kier alpha value is -1.82. The van der Waals surface area contributed by atoms with Crippen LogP contribution >= 0.6 is 0 Å². The molecule has 0 spiro atoms. The van der Waals surface area contributed by atoms with Crippen molar-refractivity contribution in [2.24, 2.45) is 5.92 Å². The molecule has 5 nitrogen and oxygen atoms in total. The van der Waals surface area contributed by atoms with Gasteiger partial charge in [0.25, 0.3) is 0 Å². The maximum Gasteiger partial charge on any atom is 0.246 e. The fourth-order valence-electron chi connectivity index (χ4n) is 2.63. The molecule has 6 heteroatoms. The van der Waals surface area contributed by atoms with Crippen molar-refractivity contribution in [3.8, 4) is 5.75 Å². The molecule has 1 aromatic rings. The molecule has 0 saturated carbocycles. The number of likely N-dealkylation sites (N-methyl/N-ethyl adjacent to an activating group) is 1. The van der Waals surface area contributed by atoms with Gasteiger partial charge < -0.3 is 9.64 Å². The molecule has 1 fully saturated rings. The third-order valence-corrected chi connectivity index (χ3v) is 5.68. The van der Waals surface area contributed by atoms with Crippen LogP contribution in [0.5, 0.6) is 5.75 Å². The summed E-state index contributed by atoms with van der Waals surface area (Å²) in [6, 6.07) is 7.50. The van der Waals surface area contributed by atoms with Gasteiger partial charge in [0.2, 0.25) is 5.91 Å². The predicted molar refractivity (Wildman–Crippen MR) is 91.0 cm³/mol. The molecule has 1 saturated heterocycles. The van der Waals surface area contributed by atoms with Gasteiger partial charge in [-0.2, -0.15) is 0 Å². The molecule has 0 bridgehead atoms. The highest BCUT2D eigenvalue weighted by Crippen LogP contribution is 2.19. The van der Waals surface area contributed by atoms with E-state index in [2.05, 4.69) is 0 Å². The van der Waals surface area contributed by atoms with E-state index in [-0.39, 0.29) is 23.3 Å². The van der Waals surface area contributed by atoms with Gasteiger partial charge in [-0.3, -0.25) is 4.79 Å². The van der Waals surface area contributed by atoms with Gasteiger partial charge >= 0.3 is 0 Å². The quantitative estimate of drug-likeness (QED) is 0.745. The Morgan fingerprint density at radius 3 is 2.61 bits per heavy atom.